The number of aryl methyl sites for hydroxylation is 1. The third-order valence-corrected chi connectivity index (χ3v) is 5.53. The van der Waals surface area contributed by atoms with E-state index in [4.69, 9.17) is 14.2 Å². The minimum Gasteiger partial charge on any atom is -0.497 e. The second-order valence-corrected chi connectivity index (χ2v) is 7.95. The Morgan fingerprint density at radius 1 is 0.970 bits per heavy atom. The van der Waals surface area contributed by atoms with Crippen molar-refractivity contribution in [1.29, 1.82) is 0 Å². The molecule has 0 bridgehead atoms. The largest absolute Gasteiger partial charge is 0.497 e. The van der Waals surface area contributed by atoms with Crippen LogP contribution in [0.4, 0.5) is 0 Å². The van der Waals surface area contributed by atoms with Gasteiger partial charge in [-0.3, -0.25) is 9.59 Å². The average Bonchev–Trinajstić information content (AvgIpc) is 3.24. The number of carbonyl (C=O) groups excluding carboxylic acids is 2. The zero-order valence-electron chi connectivity index (χ0n) is 20.5. The highest BCUT2D eigenvalue weighted by Gasteiger charge is 2.23. The van der Waals surface area contributed by atoms with Crippen molar-refractivity contribution in [3.05, 3.63) is 47.8 Å². The van der Waals surface area contributed by atoms with Gasteiger partial charge >= 0.3 is 0 Å². The van der Waals surface area contributed by atoms with Crippen LogP contribution in [-0.2, 0) is 23.1 Å². The van der Waals surface area contributed by atoms with E-state index in [9.17, 15) is 9.59 Å². The molecule has 0 fully saturated rings. The Hall–Kier alpha value is -3.00. The van der Waals surface area contributed by atoms with Crippen LogP contribution in [0.1, 0.15) is 42.2 Å². The maximum absolute atomic E-state index is 13.4. The maximum atomic E-state index is 13.4. The van der Waals surface area contributed by atoms with Crippen molar-refractivity contribution in [2.45, 2.75) is 32.7 Å². The lowest BCUT2D eigenvalue weighted by atomic mass is 10.1. The number of carbonyl (C=O) groups is 2. The lowest BCUT2D eigenvalue weighted by molar-refractivity contribution is -0.132. The summed E-state index contributed by atoms with van der Waals surface area (Å²) in [6, 6.07) is 9.02. The summed E-state index contributed by atoms with van der Waals surface area (Å²) in [7, 11) is 6.67. The highest BCUT2D eigenvalue weighted by molar-refractivity contribution is 5.97. The van der Waals surface area contributed by atoms with Crippen LogP contribution < -0.4 is 9.47 Å². The number of methoxy groups -OCH3 is 3. The standard InChI is InChI=1S/C25H37N3O5/c1-6-7-12-27(18-21-10-8-11-26(21)2)24(29)19-28(13-9-14-31-3)25(30)20-15-22(32-4)17-23(16-20)33-5/h8,10-11,15-17H,6-7,9,12-14,18-19H2,1-5H3. The van der Waals surface area contributed by atoms with Crippen LogP contribution in [0.5, 0.6) is 11.5 Å². The first-order valence-corrected chi connectivity index (χ1v) is 11.3. The Bertz CT molecular complexity index is 874. The molecule has 33 heavy (non-hydrogen) atoms. The molecule has 0 unspecified atom stereocenters. The van der Waals surface area contributed by atoms with E-state index in [-0.39, 0.29) is 18.4 Å². The number of aromatic nitrogens is 1. The van der Waals surface area contributed by atoms with Gasteiger partial charge in [0.05, 0.1) is 20.8 Å². The quantitative estimate of drug-likeness (QED) is 0.405. The number of rotatable bonds is 14. The van der Waals surface area contributed by atoms with E-state index in [1.54, 1.807) is 30.2 Å². The van der Waals surface area contributed by atoms with Crippen LogP contribution in [-0.4, -0.2) is 73.8 Å². The number of hydrogen-bond acceptors (Lipinski definition) is 5. The zero-order chi connectivity index (χ0) is 24.2. The molecule has 0 aliphatic rings. The molecule has 8 heteroatoms. The zero-order valence-corrected chi connectivity index (χ0v) is 20.5. The summed E-state index contributed by atoms with van der Waals surface area (Å²) in [6.07, 6.45) is 4.48. The van der Waals surface area contributed by atoms with Crippen molar-refractivity contribution in [2.75, 3.05) is 47.6 Å². The Labute approximate surface area is 197 Å². The van der Waals surface area contributed by atoms with Gasteiger partial charge in [0.25, 0.3) is 5.91 Å². The molecule has 0 saturated carbocycles. The summed E-state index contributed by atoms with van der Waals surface area (Å²) in [6.45, 7) is 4.16. The van der Waals surface area contributed by atoms with Gasteiger partial charge in [0.1, 0.15) is 18.0 Å². The molecule has 8 nitrogen and oxygen atoms in total. The highest BCUT2D eigenvalue weighted by atomic mass is 16.5. The first-order valence-electron chi connectivity index (χ1n) is 11.3. The van der Waals surface area contributed by atoms with Crippen molar-refractivity contribution in [3.63, 3.8) is 0 Å². The Kier molecular flexibility index (Phi) is 10.8. The first-order chi connectivity index (χ1) is 15.9. The lowest BCUT2D eigenvalue weighted by Gasteiger charge is -2.28. The Morgan fingerprint density at radius 2 is 1.64 bits per heavy atom. The predicted octanol–water partition coefficient (Wildman–Crippen LogP) is 3.35. The molecule has 0 aliphatic carbocycles. The van der Waals surface area contributed by atoms with Gasteiger partial charge in [0.15, 0.2) is 0 Å². The van der Waals surface area contributed by atoms with Gasteiger partial charge in [-0.05, 0) is 37.1 Å². The molecule has 1 aromatic carbocycles. The van der Waals surface area contributed by atoms with Gasteiger partial charge < -0.3 is 28.6 Å². The van der Waals surface area contributed by atoms with Crippen LogP contribution in [0, 0.1) is 0 Å². The van der Waals surface area contributed by atoms with Gasteiger partial charge in [0.2, 0.25) is 5.91 Å². The Balaban J connectivity index is 2.24. The lowest BCUT2D eigenvalue weighted by Crippen LogP contribution is -2.43. The van der Waals surface area contributed by atoms with E-state index in [2.05, 4.69) is 6.92 Å². The smallest absolute Gasteiger partial charge is 0.254 e. The van der Waals surface area contributed by atoms with Gasteiger partial charge in [-0.25, -0.2) is 0 Å². The van der Waals surface area contributed by atoms with Crippen molar-refractivity contribution >= 4 is 11.8 Å². The van der Waals surface area contributed by atoms with Crippen LogP contribution >= 0.6 is 0 Å². The topological polar surface area (TPSA) is 73.2 Å². The summed E-state index contributed by atoms with van der Waals surface area (Å²) in [4.78, 5) is 30.2. The number of ether oxygens (including phenoxy) is 3. The average molecular weight is 460 g/mol. The van der Waals surface area contributed by atoms with Gasteiger partial charge in [-0.1, -0.05) is 13.3 Å². The summed E-state index contributed by atoms with van der Waals surface area (Å²) in [5.74, 6) is 0.722. The molecule has 0 atom stereocenters. The molecule has 1 heterocycles. The fraction of sp³-hybridized carbons (Fsp3) is 0.520. The van der Waals surface area contributed by atoms with Crippen LogP contribution in [0.15, 0.2) is 36.5 Å². The summed E-state index contributed by atoms with van der Waals surface area (Å²) in [5, 5.41) is 0. The third-order valence-electron chi connectivity index (χ3n) is 5.53. The summed E-state index contributed by atoms with van der Waals surface area (Å²) >= 11 is 0. The van der Waals surface area contributed by atoms with E-state index in [0.717, 1.165) is 18.5 Å². The molecule has 0 N–H and O–H groups in total. The summed E-state index contributed by atoms with van der Waals surface area (Å²) in [5.41, 5.74) is 1.47. The number of unbranched alkanes of at least 4 members (excludes halogenated alkanes) is 1. The van der Waals surface area contributed by atoms with E-state index in [1.807, 2.05) is 34.8 Å². The van der Waals surface area contributed by atoms with Crippen molar-refractivity contribution in [2.24, 2.45) is 7.05 Å². The van der Waals surface area contributed by atoms with Gasteiger partial charge in [-0.15, -0.1) is 0 Å². The van der Waals surface area contributed by atoms with Gasteiger partial charge in [-0.2, -0.15) is 0 Å². The molecule has 2 rings (SSSR count). The van der Waals surface area contributed by atoms with Gasteiger partial charge in [0, 0.05) is 57.4 Å². The predicted molar refractivity (Wildman–Crippen MR) is 128 cm³/mol. The molecular formula is C25H37N3O5. The molecule has 2 amide bonds. The molecule has 0 saturated heterocycles. The normalized spacial score (nSPS) is 10.7. The number of benzene rings is 1. The minimum absolute atomic E-state index is 0.00376. The van der Waals surface area contributed by atoms with Crippen molar-refractivity contribution < 1.29 is 23.8 Å². The number of nitrogens with zero attached hydrogens (tertiary/aromatic N) is 3. The van der Waals surface area contributed by atoms with E-state index >= 15 is 0 Å². The molecule has 0 aliphatic heterocycles. The molecule has 0 radical (unpaired) electrons. The van der Waals surface area contributed by atoms with Crippen LogP contribution in [0.2, 0.25) is 0 Å². The van der Waals surface area contributed by atoms with E-state index in [0.29, 0.717) is 49.7 Å². The number of amides is 2. The molecular weight excluding hydrogens is 422 g/mol. The highest BCUT2D eigenvalue weighted by Crippen LogP contribution is 2.23. The fourth-order valence-corrected chi connectivity index (χ4v) is 3.53. The fourth-order valence-electron chi connectivity index (χ4n) is 3.53. The van der Waals surface area contributed by atoms with E-state index < -0.39 is 0 Å². The van der Waals surface area contributed by atoms with Crippen LogP contribution in [0.3, 0.4) is 0 Å². The third kappa shape index (κ3) is 7.82. The monoisotopic (exact) mass is 459 g/mol. The SMILES string of the molecule is CCCCN(Cc1cccn1C)C(=O)CN(CCCOC)C(=O)c1cc(OC)cc(OC)c1. The summed E-state index contributed by atoms with van der Waals surface area (Å²) < 4.78 is 17.8. The van der Waals surface area contributed by atoms with Crippen LogP contribution in [0.25, 0.3) is 0 Å². The second kappa shape index (κ2) is 13.5. The Morgan fingerprint density at radius 3 is 2.18 bits per heavy atom. The molecule has 0 spiro atoms. The first kappa shape index (κ1) is 26.3. The molecule has 2 aromatic rings. The van der Waals surface area contributed by atoms with E-state index in [1.165, 1.54) is 14.2 Å². The maximum Gasteiger partial charge on any atom is 0.254 e. The number of hydrogen-bond donors (Lipinski definition) is 0. The minimum atomic E-state index is -0.244. The molecule has 182 valence electrons. The molecule has 1 aromatic heterocycles. The van der Waals surface area contributed by atoms with Crippen molar-refractivity contribution in [1.82, 2.24) is 14.4 Å². The second-order valence-electron chi connectivity index (χ2n) is 7.95. The van der Waals surface area contributed by atoms with Crippen molar-refractivity contribution in [3.8, 4) is 11.5 Å².